The number of hydrogen-bond acceptors (Lipinski definition) is 6. The number of ether oxygens (including phenoxy) is 2. The Morgan fingerprint density at radius 1 is 0.960 bits per heavy atom. The molecule has 1 heterocycles. The Kier molecular flexibility index (Phi) is 5.47. The zero-order valence-electron chi connectivity index (χ0n) is 15.9. The van der Waals surface area contributed by atoms with Gasteiger partial charge >= 0.3 is 0 Å². The Bertz CT molecular complexity index is 604. The Morgan fingerprint density at radius 2 is 1.48 bits per heavy atom. The lowest BCUT2D eigenvalue weighted by atomic mass is 9.80. The van der Waals surface area contributed by atoms with Gasteiger partial charge in [-0.2, -0.15) is 10.5 Å². The number of nitrogens with zero attached hydrogens (tertiary/aromatic N) is 3. The Morgan fingerprint density at radius 3 is 1.84 bits per heavy atom. The van der Waals surface area contributed by atoms with Gasteiger partial charge in [-0.05, 0) is 26.7 Å². The molecule has 0 aromatic rings. The molecule has 0 saturated heterocycles. The van der Waals surface area contributed by atoms with Crippen LogP contribution in [0.2, 0.25) is 0 Å². The summed E-state index contributed by atoms with van der Waals surface area (Å²) in [6.07, 6.45) is 5.34. The van der Waals surface area contributed by atoms with Crippen molar-refractivity contribution in [2.24, 2.45) is 27.0 Å². The predicted octanol–water partition coefficient (Wildman–Crippen LogP) is 3.48. The van der Waals surface area contributed by atoms with E-state index in [4.69, 9.17) is 15.2 Å². The van der Waals surface area contributed by atoms with Gasteiger partial charge in [-0.25, -0.2) is 4.99 Å². The van der Waals surface area contributed by atoms with Crippen LogP contribution >= 0.6 is 0 Å². The number of hydrogen-bond donors (Lipinski definition) is 1. The van der Waals surface area contributed by atoms with Crippen LogP contribution in [0.15, 0.2) is 4.99 Å². The van der Waals surface area contributed by atoms with Gasteiger partial charge in [-0.3, -0.25) is 0 Å². The summed E-state index contributed by atoms with van der Waals surface area (Å²) in [5, 5.41) is 20.5. The van der Waals surface area contributed by atoms with Gasteiger partial charge < -0.3 is 15.2 Å². The first kappa shape index (κ1) is 19.7. The molecular formula is C19H30N4O2. The zero-order valence-corrected chi connectivity index (χ0v) is 15.9. The molecule has 2 aliphatic rings. The van der Waals surface area contributed by atoms with Gasteiger partial charge in [0.1, 0.15) is 11.3 Å². The molecule has 1 saturated carbocycles. The van der Waals surface area contributed by atoms with E-state index >= 15 is 0 Å². The Balaban J connectivity index is 2.68. The fraction of sp³-hybridized carbons (Fsp3) is 0.842. The molecule has 0 spiro atoms. The minimum Gasteiger partial charge on any atom is -0.386 e. The third-order valence-electron chi connectivity index (χ3n) is 5.99. The number of amidine groups is 1. The highest BCUT2D eigenvalue weighted by Crippen LogP contribution is 2.88. The third kappa shape index (κ3) is 2.05. The largest absolute Gasteiger partial charge is 0.386 e. The van der Waals surface area contributed by atoms with Crippen molar-refractivity contribution in [3.05, 3.63) is 0 Å². The molecule has 6 heteroatoms. The molecule has 0 bridgehead atoms. The lowest BCUT2D eigenvalue weighted by Crippen LogP contribution is -2.45. The van der Waals surface area contributed by atoms with Gasteiger partial charge in [0, 0.05) is 18.6 Å². The van der Waals surface area contributed by atoms with Gasteiger partial charge in [0.2, 0.25) is 0 Å². The second kappa shape index (κ2) is 6.94. The van der Waals surface area contributed by atoms with Crippen molar-refractivity contribution in [3.63, 3.8) is 0 Å². The summed E-state index contributed by atoms with van der Waals surface area (Å²) in [6.45, 7) is 8.57. The Labute approximate surface area is 151 Å². The van der Waals surface area contributed by atoms with Crippen molar-refractivity contribution in [1.82, 2.24) is 0 Å². The van der Waals surface area contributed by atoms with Gasteiger partial charge in [-0.15, -0.1) is 0 Å². The number of aliphatic imine (C=N–C) groups is 1. The van der Waals surface area contributed by atoms with Crippen LogP contribution in [-0.4, -0.2) is 25.0 Å². The van der Waals surface area contributed by atoms with E-state index in [1.165, 1.54) is 0 Å². The van der Waals surface area contributed by atoms with Gasteiger partial charge in [0.15, 0.2) is 5.41 Å². The minimum absolute atomic E-state index is 0.200. The van der Waals surface area contributed by atoms with Crippen molar-refractivity contribution in [1.29, 1.82) is 10.5 Å². The van der Waals surface area contributed by atoms with Crippen LogP contribution in [0, 0.1) is 38.9 Å². The summed E-state index contributed by atoms with van der Waals surface area (Å²) < 4.78 is 11.9. The lowest BCUT2D eigenvalue weighted by Gasteiger charge is -2.35. The van der Waals surface area contributed by atoms with Gasteiger partial charge in [0.05, 0.1) is 12.1 Å². The van der Waals surface area contributed by atoms with Crippen LogP contribution in [-0.2, 0) is 9.47 Å². The summed E-state index contributed by atoms with van der Waals surface area (Å²) in [6, 6.07) is 4.84. The maximum atomic E-state index is 10.3. The third-order valence-corrected chi connectivity index (χ3v) is 5.99. The molecule has 0 amide bonds. The number of rotatable bonds is 10. The molecule has 2 atom stereocenters. The average Bonchev–Trinajstić information content (AvgIpc) is 3.07. The van der Waals surface area contributed by atoms with E-state index < -0.39 is 22.2 Å². The van der Waals surface area contributed by atoms with E-state index in [0.717, 1.165) is 38.5 Å². The SMILES string of the molecule is CCCCC1(CCCC)[C@]2(C#N)C(OCC)(OCC)N=C(N)[C@]12C#N. The van der Waals surface area contributed by atoms with E-state index in [-0.39, 0.29) is 5.84 Å². The Hall–Kier alpha value is -1.63. The molecule has 25 heavy (non-hydrogen) atoms. The summed E-state index contributed by atoms with van der Waals surface area (Å²) in [4.78, 5) is 4.43. The molecule has 2 rings (SSSR count). The van der Waals surface area contributed by atoms with Crippen LogP contribution in [0.4, 0.5) is 0 Å². The second-order valence-electron chi connectivity index (χ2n) is 6.96. The van der Waals surface area contributed by atoms with Crippen molar-refractivity contribution in [2.75, 3.05) is 13.2 Å². The first-order valence-electron chi connectivity index (χ1n) is 9.45. The topological polar surface area (TPSA) is 104 Å². The van der Waals surface area contributed by atoms with E-state index in [2.05, 4.69) is 31.0 Å². The first-order chi connectivity index (χ1) is 12.0. The van der Waals surface area contributed by atoms with Gasteiger partial charge in [-0.1, -0.05) is 39.5 Å². The van der Waals surface area contributed by atoms with Gasteiger partial charge in [0.25, 0.3) is 5.91 Å². The van der Waals surface area contributed by atoms with Crippen LogP contribution in [0.1, 0.15) is 66.2 Å². The number of nitriles is 2. The second-order valence-corrected chi connectivity index (χ2v) is 6.96. The maximum Gasteiger partial charge on any atom is 0.293 e. The van der Waals surface area contributed by atoms with Crippen molar-refractivity contribution >= 4 is 5.84 Å². The highest BCUT2D eigenvalue weighted by Gasteiger charge is 2.99. The summed E-state index contributed by atoms with van der Waals surface area (Å²) >= 11 is 0. The van der Waals surface area contributed by atoms with E-state index in [1.54, 1.807) is 0 Å². The van der Waals surface area contributed by atoms with Crippen LogP contribution in [0.3, 0.4) is 0 Å². The molecule has 0 aromatic carbocycles. The number of fused-ring (bicyclic) bond motifs is 1. The summed E-state index contributed by atoms with van der Waals surface area (Å²) in [5.41, 5.74) is 3.43. The molecule has 2 N–H and O–H groups in total. The van der Waals surface area contributed by atoms with E-state index in [1.807, 2.05) is 13.8 Å². The monoisotopic (exact) mass is 346 g/mol. The molecule has 0 aromatic heterocycles. The number of nitrogens with two attached hydrogens (primary N) is 1. The van der Waals surface area contributed by atoms with Crippen LogP contribution in [0.5, 0.6) is 0 Å². The molecule has 1 fully saturated rings. The zero-order chi connectivity index (χ0) is 18.8. The van der Waals surface area contributed by atoms with Crippen LogP contribution < -0.4 is 5.73 Å². The van der Waals surface area contributed by atoms with Crippen molar-refractivity contribution < 1.29 is 9.47 Å². The maximum absolute atomic E-state index is 10.3. The normalized spacial score (nSPS) is 30.9. The van der Waals surface area contributed by atoms with E-state index in [9.17, 15) is 10.5 Å². The summed E-state index contributed by atoms with van der Waals surface area (Å²) in [5.74, 6) is -1.28. The number of unbranched alkanes of at least 4 members (excludes halogenated alkanes) is 2. The fourth-order valence-corrected chi connectivity index (χ4v) is 5.05. The molecule has 0 unspecified atom stereocenters. The average molecular weight is 346 g/mol. The molecule has 1 aliphatic heterocycles. The smallest absolute Gasteiger partial charge is 0.293 e. The standard InChI is InChI=1S/C19H30N4O2/c1-5-9-11-16(12-10-6-2)17(13-20)15(22)23-19(24-7-3,25-8-4)18(16,17)14-21/h5-12H2,1-4H3,(H2,22,23)/t17-,18+/m1/s1. The van der Waals surface area contributed by atoms with Crippen molar-refractivity contribution in [2.45, 2.75) is 72.1 Å². The molecule has 1 aliphatic carbocycles. The van der Waals surface area contributed by atoms with Crippen LogP contribution in [0.25, 0.3) is 0 Å². The highest BCUT2D eigenvalue weighted by molar-refractivity contribution is 6.00. The molecule has 138 valence electrons. The fourth-order valence-electron chi connectivity index (χ4n) is 5.05. The molecular weight excluding hydrogens is 316 g/mol. The highest BCUT2D eigenvalue weighted by atomic mass is 16.7. The predicted molar refractivity (Wildman–Crippen MR) is 95.2 cm³/mol. The van der Waals surface area contributed by atoms with Crippen molar-refractivity contribution in [3.8, 4) is 12.1 Å². The summed E-state index contributed by atoms with van der Waals surface area (Å²) in [7, 11) is 0. The molecule has 0 radical (unpaired) electrons. The minimum atomic E-state index is -1.48. The lowest BCUT2D eigenvalue weighted by molar-refractivity contribution is -0.261. The quantitative estimate of drug-likeness (QED) is 0.610. The molecule has 6 nitrogen and oxygen atoms in total. The first-order valence-corrected chi connectivity index (χ1v) is 9.45. The van der Waals surface area contributed by atoms with E-state index in [0.29, 0.717) is 13.2 Å².